The first-order chi connectivity index (χ1) is 9.13. The first-order valence-electron chi connectivity index (χ1n) is 5.37. The summed E-state index contributed by atoms with van der Waals surface area (Å²) in [4.78, 5) is 0. The molecule has 0 atom stereocenters. The van der Waals surface area contributed by atoms with Gasteiger partial charge in [0.25, 0.3) is 0 Å². The minimum Gasteiger partial charge on any atom is -0.487 e. The van der Waals surface area contributed by atoms with Crippen molar-refractivity contribution in [3.8, 4) is 11.8 Å². The maximum Gasteiger partial charge on any atom is 0.148 e. The second kappa shape index (κ2) is 5.92. The van der Waals surface area contributed by atoms with E-state index >= 15 is 0 Å². The Morgan fingerprint density at radius 2 is 1.79 bits per heavy atom. The fourth-order valence-electron chi connectivity index (χ4n) is 1.55. The van der Waals surface area contributed by atoms with Gasteiger partial charge >= 0.3 is 0 Å². The van der Waals surface area contributed by atoms with E-state index in [4.69, 9.17) is 33.2 Å². The molecule has 2 aromatic carbocycles. The lowest BCUT2D eigenvalue weighted by molar-refractivity contribution is 0.299. The van der Waals surface area contributed by atoms with Crippen LogP contribution in [0.25, 0.3) is 0 Å². The van der Waals surface area contributed by atoms with E-state index < -0.39 is 5.82 Å². The van der Waals surface area contributed by atoms with E-state index in [-0.39, 0.29) is 17.2 Å². The smallest absolute Gasteiger partial charge is 0.148 e. The fourth-order valence-corrected chi connectivity index (χ4v) is 1.95. The molecule has 2 aromatic rings. The molecule has 0 bridgehead atoms. The van der Waals surface area contributed by atoms with Crippen molar-refractivity contribution in [1.82, 2.24) is 0 Å². The Hall–Kier alpha value is -1.76. The van der Waals surface area contributed by atoms with Crippen LogP contribution in [0.4, 0.5) is 4.39 Å². The molecule has 0 spiro atoms. The molecule has 96 valence electrons. The van der Waals surface area contributed by atoms with Gasteiger partial charge in [-0.3, -0.25) is 0 Å². The van der Waals surface area contributed by atoms with Gasteiger partial charge in [-0.1, -0.05) is 41.4 Å². The van der Waals surface area contributed by atoms with Gasteiger partial charge in [-0.2, -0.15) is 5.26 Å². The molecule has 2 nitrogen and oxygen atoms in total. The van der Waals surface area contributed by atoms with Crippen LogP contribution in [-0.2, 0) is 6.61 Å². The predicted molar refractivity (Wildman–Crippen MR) is 71.9 cm³/mol. The van der Waals surface area contributed by atoms with Gasteiger partial charge < -0.3 is 4.74 Å². The van der Waals surface area contributed by atoms with Crippen molar-refractivity contribution in [3.05, 3.63) is 63.4 Å². The summed E-state index contributed by atoms with van der Waals surface area (Å²) in [5.41, 5.74) is 0.544. The zero-order chi connectivity index (χ0) is 13.8. The maximum atomic E-state index is 13.7. The monoisotopic (exact) mass is 295 g/mol. The van der Waals surface area contributed by atoms with Crippen LogP contribution in [-0.4, -0.2) is 0 Å². The predicted octanol–water partition coefficient (Wildman–Crippen LogP) is 4.58. The average molecular weight is 296 g/mol. The molecule has 0 radical (unpaired) electrons. The highest BCUT2D eigenvalue weighted by molar-refractivity contribution is 6.32. The van der Waals surface area contributed by atoms with Gasteiger partial charge in [-0.25, -0.2) is 4.39 Å². The van der Waals surface area contributed by atoms with Crippen molar-refractivity contribution in [3.63, 3.8) is 0 Å². The number of halogens is 3. The van der Waals surface area contributed by atoms with Crippen LogP contribution in [0.2, 0.25) is 10.0 Å². The zero-order valence-corrected chi connectivity index (χ0v) is 11.2. The summed E-state index contributed by atoms with van der Waals surface area (Å²) in [6.45, 7) is -0.0264. The molecule has 0 saturated carbocycles. The Bertz CT molecular complexity index is 652. The van der Waals surface area contributed by atoms with Gasteiger partial charge in [-0.15, -0.1) is 0 Å². The third-order valence-electron chi connectivity index (χ3n) is 2.50. The van der Waals surface area contributed by atoms with Crippen LogP contribution < -0.4 is 4.74 Å². The lowest BCUT2D eigenvalue weighted by Gasteiger charge is -2.09. The van der Waals surface area contributed by atoms with Crippen molar-refractivity contribution in [2.24, 2.45) is 0 Å². The molecule has 0 aliphatic carbocycles. The molecule has 0 unspecified atom stereocenters. The number of nitriles is 1. The summed E-state index contributed by atoms with van der Waals surface area (Å²) in [5, 5.41) is 9.32. The van der Waals surface area contributed by atoms with Crippen molar-refractivity contribution >= 4 is 23.2 Å². The lowest BCUT2D eigenvalue weighted by Crippen LogP contribution is -2.00. The van der Waals surface area contributed by atoms with Crippen LogP contribution >= 0.6 is 23.2 Å². The van der Waals surface area contributed by atoms with Gasteiger partial charge in [-0.05, 0) is 18.2 Å². The molecule has 0 saturated heterocycles. The molecule has 0 heterocycles. The molecule has 0 fully saturated rings. The van der Waals surface area contributed by atoms with Gasteiger partial charge in [0.05, 0.1) is 10.0 Å². The van der Waals surface area contributed by atoms with Crippen LogP contribution in [0.3, 0.4) is 0 Å². The van der Waals surface area contributed by atoms with Crippen LogP contribution in [0.1, 0.15) is 11.1 Å². The van der Waals surface area contributed by atoms with Crippen molar-refractivity contribution < 1.29 is 9.13 Å². The second-order valence-corrected chi connectivity index (χ2v) is 4.54. The molecule has 0 aliphatic rings. The zero-order valence-electron chi connectivity index (χ0n) is 9.66. The molecule has 0 amide bonds. The number of ether oxygens (including phenoxy) is 1. The summed E-state index contributed by atoms with van der Waals surface area (Å²) in [6, 6.07) is 11.5. The number of hydrogen-bond acceptors (Lipinski definition) is 2. The quantitative estimate of drug-likeness (QED) is 0.830. The van der Waals surface area contributed by atoms with Gasteiger partial charge in [0, 0.05) is 5.56 Å². The van der Waals surface area contributed by atoms with E-state index in [2.05, 4.69) is 0 Å². The third-order valence-corrected chi connectivity index (χ3v) is 3.11. The molecule has 19 heavy (non-hydrogen) atoms. The Balaban J connectivity index is 2.22. The minimum absolute atomic E-state index is 0.0264. The Labute approximate surface area is 119 Å². The van der Waals surface area contributed by atoms with E-state index in [0.717, 1.165) is 0 Å². The first-order valence-corrected chi connectivity index (χ1v) is 6.13. The third kappa shape index (κ3) is 2.98. The standard InChI is InChI=1S/C14H8Cl2FNO/c15-11-4-2-6-13(10(11)7-18)19-8-9-3-1-5-12(16)14(9)17/h1-6H,8H2. The van der Waals surface area contributed by atoms with Gasteiger partial charge in [0.2, 0.25) is 0 Å². The highest BCUT2D eigenvalue weighted by Crippen LogP contribution is 2.27. The van der Waals surface area contributed by atoms with Gasteiger partial charge in [0.1, 0.15) is 29.8 Å². The van der Waals surface area contributed by atoms with E-state index in [1.54, 1.807) is 30.3 Å². The number of nitrogens with zero attached hydrogens (tertiary/aromatic N) is 1. The summed E-state index contributed by atoms with van der Waals surface area (Å²) in [6.07, 6.45) is 0. The van der Waals surface area contributed by atoms with Crippen molar-refractivity contribution in [1.29, 1.82) is 5.26 Å². The Morgan fingerprint density at radius 3 is 2.53 bits per heavy atom. The summed E-state index contributed by atoms with van der Waals surface area (Å²) in [7, 11) is 0. The second-order valence-electron chi connectivity index (χ2n) is 3.73. The van der Waals surface area contributed by atoms with E-state index in [0.29, 0.717) is 16.3 Å². The van der Waals surface area contributed by atoms with E-state index in [1.807, 2.05) is 6.07 Å². The lowest BCUT2D eigenvalue weighted by atomic mass is 10.2. The normalized spacial score (nSPS) is 10.0. The summed E-state index contributed by atoms with van der Waals surface area (Å²) in [5.74, 6) is -0.209. The number of benzene rings is 2. The topological polar surface area (TPSA) is 33.0 Å². The van der Waals surface area contributed by atoms with Gasteiger partial charge in [0.15, 0.2) is 0 Å². The maximum absolute atomic E-state index is 13.7. The van der Waals surface area contributed by atoms with Crippen molar-refractivity contribution in [2.45, 2.75) is 6.61 Å². The first kappa shape index (κ1) is 13.7. The molecular weight excluding hydrogens is 288 g/mol. The minimum atomic E-state index is -0.523. The van der Waals surface area contributed by atoms with E-state index in [9.17, 15) is 4.39 Å². The summed E-state index contributed by atoms with van der Waals surface area (Å²) >= 11 is 11.5. The fraction of sp³-hybridized carbons (Fsp3) is 0.0714. The summed E-state index contributed by atoms with van der Waals surface area (Å²) < 4.78 is 19.1. The molecule has 0 N–H and O–H groups in total. The van der Waals surface area contributed by atoms with Crippen LogP contribution in [0.5, 0.6) is 5.75 Å². The Kier molecular flexibility index (Phi) is 4.26. The van der Waals surface area contributed by atoms with Crippen LogP contribution in [0.15, 0.2) is 36.4 Å². The number of rotatable bonds is 3. The van der Waals surface area contributed by atoms with E-state index in [1.165, 1.54) is 6.07 Å². The number of hydrogen-bond donors (Lipinski definition) is 0. The molecule has 0 aromatic heterocycles. The molecule has 5 heteroatoms. The molecule has 2 rings (SSSR count). The molecular formula is C14H8Cl2FNO. The SMILES string of the molecule is N#Cc1c(Cl)cccc1OCc1cccc(Cl)c1F. The van der Waals surface area contributed by atoms with Crippen molar-refractivity contribution in [2.75, 3.05) is 0 Å². The Morgan fingerprint density at radius 1 is 1.11 bits per heavy atom. The highest BCUT2D eigenvalue weighted by atomic mass is 35.5. The highest BCUT2D eigenvalue weighted by Gasteiger charge is 2.10. The largest absolute Gasteiger partial charge is 0.487 e. The molecule has 0 aliphatic heterocycles. The average Bonchev–Trinajstić information content (AvgIpc) is 2.40. The van der Waals surface area contributed by atoms with Crippen LogP contribution in [0, 0.1) is 17.1 Å².